The van der Waals surface area contributed by atoms with Crippen LogP contribution in [-0.4, -0.2) is 24.5 Å². The van der Waals surface area contributed by atoms with Gasteiger partial charge in [-0.15, -0.1) is 0 Å². The fourth-order valence-corrected chi connectivity index (χ4v) is 3.84. The van der Waals surface area contributed by atoms with Gasteiger partial charge >= 0.3 is 0 Å². The van der Waals surface area contributed by atoms with Crippen molar-refractivity contribution in [1.29, 1.82) is 0 Å². The molecule has 1 aromatic rings. The molecule has 1 aliphatic heterocycles. The van der Waals surface area contributed by atoms with Crippen molar-refractivity contribution in [3.8, 4) is 0 Å². The Hall–Kier alpha value is -0.820. The van der Waals surface area contributed by atoms with Gasteiger partial charge in [0.15, 0.2) is 0 Å². The van der Waals surface area contributed by atoms with Crippen molar-refractivity contribution >= 4 is 0 Å². The Morgan fingerprint density at radius 2 is 1.90 bits per heavy atom. The second-order valence-corrected chi connectivity index (χ2v) is 6.91. The van der Waals surface area contributed by atoms with Gasteiger partial charge in [0.25, 0.3) is 0 Å². The molecule has 1 heterocycles. The van der Waals surface area contributed by atoms with Crippen molar-refractivity contribution in [3.63, 3.8) is 0 Å². The maximum Gasteiger partial charge on any atom is 0.00156 e. The molecule has 0 spiro atoms. The molecule has 0 N–H and O–H groups in total. The zero-order valence-corrected chi connectivity index (χ0v) is 12.9. The number of hydrogen-bond acceptors (Lipinski definition) is 1. The van der Waals surface area contributed by atoms with Gasteiger partial charge in [0.05, 0.1) is 0 Å². The van der Waals surface area contributed by atoms with Crippen LogP contribution in [0.25, 0.3) is 0 Å². The van der Waals surface area contributed by atoms with Gasteiger partial charge in [-0.1, -0.05) is 50.1 Å². The molecular formula is C19H29N. The van der Waals surface area contributed by atoms with Crippen LogP contribution in [0.5, 0.6) is 0 Å². The maximum absolute atomic E-state index is 2.76. The lowest BCUT2D eigenvalue weighted by molar-refractivity contribution is 0.140. The molecule has 110 valence electrons. The van der Waals surface area contributed by atoms with Crippen molar-refractivity contribution in [2.45, 2.75) is 51.4 Å². The van der Waals surface area contributed by atoms with E-state index in [4.69, 9.17) is 0 Å². The van der Waals surface area contributed by atoms with E-state index in [9.17, 15) is 0 Å². The smallest absolute Gasteiger partial charge is 0.00156 e. The molecule has 0 radical (unpaired) electrons. The molecule has 1 saturated carbocycles. The van der Waals surface area contributed by atoms with Crippen molar-refractivity contribution in [3.05, 3.63) is 35.9 Å². The van der Waals surface area contributed by atoms with E-state index < -0.39 is 0 Å². The van der Waals surface area contributed by atoms with Gasteiger partial charge < -0.3 is 4.90 Å². The summed E-state index contributed by atoms with van der Waals surface area (Å²) < 4.78 is 0. The van der Waals surface area contributed by atoms with Gasteiger partial charge in [-0.25, -0.2) is 0 Å². The molecule has 0 aromatic heterocycles. The topological polar surface area (TPSA) is 3.24 Å². The molecule has 20 heavy (non-hydrogen) atoms. The van der Waals surface area contributed by atoms with Crippen molar-refractivity contribution in [2.75, 3.05) is 19.6 Å². The summed E-state index contributed by atoms with van der Waals surface area (Å²) in [5.41, 5.74) is 1.58. The Kier molecular flexibility index (Phi) is 4.77. The average Bonchev–Trinajstić information content (AvgIpc) is 3.30. The Morgan fingerprint density at radius 3 is 2.60 bits per heavy atom. The highest BCUT2D eigenvalue weighted by Gasteiger charge is 2.32. The first-order chi connectivity index (χ1) is 9.86. The SMILES string of the molecule is CCCC[C@@H]1CN(CC2CC2)CCC1c1ccccc1. The predicted molar refractivity (Wildman–Crippen MR) is 86.0 cm³/mol. The zero-order valence-electron chi connectivity index (χ0n) is 12.9. The van der Waals surface area contributed by atoms with Crippen LogP contribution in [-0.2, 0) is 0 Å². The Labute approximate surface area is 124 Å². The molecule has 1 heteroatoms. The van der Waals surface area contributed by atoms with E-state index >= 15 is 0 Å². The van der Waals surface area contributed by atoms with E-state index in [-0.39, 0.29) is 0 Å². The molecule has 1 nitrogen and oxygen atoms in total. The predicted octanol–water partition coefficient (Wildman–Crippen LogP) is 4.69. The first kappa shape index (κ1) is 14.1. The summed E-state index contributed by atoms with van der Waals surface area (Å²) in [7, 11) is 0. The lowest BCUT2D eigenvalue weighted by Gasteiger charge is -2.39. The first-order valence-electron chi connectivity index (χ1n) is 8.64. The summed E-state index contributed by atoms with van der Waals surface area (Å²) in [6.07, 6.45) is 8.48. The summed E-state index contributed by atoms with van der Waals surface area (Å²) in [5, 5.41) is 0. The molecule has 0 amide bonds. The first-order valence-corrected chi connectivity index (χ1v) is 8.64. The summed E-state index contributed by atoms with van der Waals surface area (Å²) in [4.78, 5) is 2.76. The van der Waals surface area contributed by atoms with E-state index in [1.54, 1.807) is 5.56 Å². The fraction of sp³-hybridized carbons (Fsp3) is 0.684. The average molecular weight is 271 g/mol. The fourth-order valence-electron chi connectivity index (χ4n) is 3.84. The van der Waals surface area contributed by atoms with Gasteiger partial charge in [0.2, 0.25) is 0 Å². The second kappa shape index (κ2) is 6.76. The van der Waals surface area contributed by atoms with Gasteiger partial charge in [-0.2, -0.15) is 0 Å². The molecular weight excluding hydrogens is 242 g/mol. The van der Waals surface area contributed by atoms with E-state index in [1.807, 2.05) is 0 Å². The van der Waals surface area contributed by atoms with Crippen molar-refractivity contribution < 1.29 is 0 Å². The number of hydrogen-bond donors (Lipinski definition) is 0. The van der Waals surface area contributed by atoms with Crippen LogP contribution in [0.4, 0.5) is 0 Å². The molecule has 2 atom stereocenters. The second-order valence-electron chi connectivity index (χ2n) is 6.91. The third-order valence-electron chi connectivity index (χ3n) is 5.19. The normalized spacial score (nSPS) is 27.6. The largest absolute Gasteiger partial charge is 0.303 e. The number of rotatable bonds is 6. The van der Waals surface area contributed by atoms with Gasteiger partial charge in [-0.05, 0) is 55.5 Å². The monoisotopic (exact) mass is 271 g/mol. The van der Waals surface area contributed by atoms with Crippen LogP contribution in [0, 0.1) is 11.8 Å². The van der Waals surface area contributed by atoms with E-state index in [0.29, 0.717) is 0 Å². The minimum Gasteiger partial charge on any atom is -0.303 e. The molecule has 1 unspecified atom stereocenters. The third kappa shape index (κ3) is 3.63. The Morgan fingerprint density at radius 1 is 1.10 bits per heavy atom. The van der Waals surface area contributed by atoms with Gasteiger partial charge in [0, 0.05) is 13.1 Å². The van der Waals surface area contributed by atoms with Crippen LogP contribution >= 0.6 is 0 Å². The van der Waals surface area contributed by atoms with Crippen LogP contribution in [0.1, 0.15) is 56.9 Å². The highest BCUT2D eigenvalue weighted by Crippen LogP contribution is 2.38. The lowest BCUT2D eigenvalue weighted by atomic mass is 9.78. The van der Waals surface area contributed by atoms with Crippen molar-refractivity contribution in [2.24, 2.45) is 11.8 Å². The summed E-state index contributed by atoms with van der Waals surface area (Å²) in [5.74, 6) is 2.72. The highest BCUT2D eigenvalue weighted by molar-refractivity contribution is 5.21. The van der Waals surface area contributed by atoms with E-state index in [0.717, 1.165) is 17.8 Å². The number of piperidine rings is 1. The van der Waals surface area contributed by atoms with Crippen molar-refractivity contribution in [1.82, 2.24) is 4.90 Å². The summed E-state index contributed by atoms with van der Waals surface area (Å²) >= 11 is 0. The summed E-state index contributed by atoms with van der Waals surface area (Å²) in [6.45, 7) is 6.36. The number of benzene rings is 1. The third-order valence-corrected chi connectivity index (χ3v) is 5.19. The number of likely N-dealkylation sites (tertiary alicyclic amines) is 1. The quantitative estimate of drug-likeness (QED) is 0.725. The summed E-state index contributed by atoms with van der Waals surface area (Å²) in [6, 6.07) is 11.3. The molecule has 2 aliphatic rings. The molecule has 2 fully saturated rings. The van der Waals surface area contributed by atoms with E-state index in [2.05, 4.69) is 42.2 Å². The van der Waals surface area contributed by atoms with Gasteiger partial charge in [0.1, 0.15) is 0 Å². The Balaban J connectivity index is 1.65. The Bertz CT molecular complexity index is 395. The molecule has 1 saturated heterocycles. The van der Waals surface area contributed by atoms with E-state index in [1.165, 1.54) is 58.2 Å². The minimum atomic E-state index is 0.804. The molecule has 3 rings (SSSR count). The molecule has 1 aliphatic carbocycles. The molecule has 1 aromatic carbocycles. The minimum absolute atomic E-state index is 0.804. The molecule has 0 bridgehead atoms. The lowest BCUT2D eigenvalue weighted by Crippen LogP contribution is -2.40. The highest BCUT2D eigenvalue weighted by atomic mass is 15.1. The van der Waals surface area contributed by atoms with Crippen LogP contribution in [0.2, 0.25) is 0 Å². The van der Waals surface area contributed by atoms with Crippen LogP contribution in [0.15, 0.2) is 30.3 Å². The maximum atomic E-state index is 2.76. The van der Waals surface area contributed by atoms with Crippen LogP contribution < -0.4 is 0 Å². The number of nitrogens with zero attached hydrogens (tertiary/aromatic N) is 1. The van der Waals surface area contributed by atoms with Gasteiger partial charge in [-0.3, -0.25) is 0 Å². The standard InChI is InChI=1S/C19H29N/c1-2-3-7-18-15-20(14-16-10-11-16)13-12-19(18)17-8-5-4-6-9-17/h4-6,8-9,16,18-19H,2-3,7,10-15H2,1H3/t18-,19?/m1/s1. The number of unbranched alkanes of at least 4 members (excludes halogenated alkanes) is 1. The zero-order chi connectivity index (χ0) is 13.8. The van der Waals surface area contributed by atoms with Crippen LogP contribution in [0.3, 0.4) is 0 Å².